The third-order valence-electron chi connectivity index (χ3n) is 4.39. The predicted molar refractivity (Wildman–Crippen MR) is 122 cm³/mol. The van der Waals surface area contributed by atoms with Gasteiger partial charge in [0, 0.05) is 16.1 Å². The molecular weight excluding hydrogens is 362 g/mol. The fraction of sp³-hybridized carbons (Fsp3) is 0.115. The summed E-state index contributed by atoms with van der Waals surface area (Å²) in [5, 5.41) is 0.729. The summed E-state index contributed by atoms with van der Waals surface area (Å²) in [6.45, 7) is 6.11. The Morgan fingerprint density at radius 1 is 0.571 bits per heavy atom. The van der Waals surface area contributed by atoms with Crippen molar-refractivity contribution in [2.45, 2.75) is 20.8 Å². The van der Waals surface area contributed by atoms with E-state index in [1.807, 2.05) is 56.3 Å². The summed E-state index contributed by atoms with van der Waals surface area (Å²) in [7, 11) is 0. The smallest absolute Gasteiger partial charge is 0.0715 e. The van der Waals surface area contributed by atoms with Gasteiger partial charge in [-0.1, -0.05) is 97.7 Å². The van der Waals surface area contributed by atoms with E-state index in [0.717, 1.165) is 33.1 Å². The summed E-state index contributed by atoms with van der Waals surface area (Å²) >= 11 is 6.05. The second-order valence-corrected chi connectivity index (χ2v) is 6.81. The summed E-state index contributed by atoms with van der Waals surface area (Å²) in [6.07, 6.45) is 0. The van der Waals surface area contributed by atoms with Gasteiger partial charge in [-0.25, -0.2) is 4.98 Å². The monoisotopic (exact) mass is 385 g/mol. The Morgan fingerprint density at radius 2 is 1.14 bits per heavy atom. The van der Waals surface area contributed by atoms with Crippen LogP contribution in [0.15, 0.2) is 91.0 Å². The molecule has 0 spiro atoms. The third-order valence-corrected chi connectivity index (χ3v) is 4.64. The molecule has 0 fully saturated rings. The number of aryl methyl sites for hydroxylation is 1. The first-order valence-corrected chi connectivity index (χ1v) is 9.97. The lowest BCUT2D eigenvalue weighted by molar-refractivity contribution is 1.32. The van der Waals surface area contributed by atoms with Crippen LogP contribution in [0.5, 0.6) is 0 Å². The van der Waals surface area contributed by atoms with Gasteiger partial charge in [-0.3, -0.25) is 0 Å². The number of nitrogens with zero attached hydrogens (tertiary/aromatic N) is 1. The van der Waals surface area contributed by atoms with Crippen LogP contribution in [0.2, 0.25) is 5.02 Å². The molecular formula is C26H24ClN. The molecule has 4 rings (SSSR count). The zero-order valence-corrected chi connectivity index (χ0v) is 17.2. The SMILES string of the molecule is CC.Cc1cccc(-c2cc(-c3ccccc3)nc(-c3ccc(Cl)cc3)c2)c1. The van der Waals surface area contributed by atoms with Crippen molar-refractivity contribution in [3.05, 3.63) is 102 Å². The van der Waals surface area contributed by atoms with Crippen molar-refractivity contribution in [3.8, 4) is 33.6 Å². The summed E-state index contributed by atoms with van der Waals surface area (Å²) in [5.41, 5.74) is 7.67. The molecule has 0 radical (unpaired) electrons. The fourth-order valence-electron chi connectivity index (χ4n) is 3.05. The maximum absolute atomic E-state index is 6.05. The number of aromatic nitrogens is 1. The van der Waals surface area contributed by atoms with Gasteiger partial charge in [0.15, 0.2) is 0 Å². The average Bonchev–Trinajstić information content (AvgIpc) is 2.76. The Kier molecular flexibility index (Phi) is 6.62. The van der Waals surface area contributed by atoms with Crippen LogP contribution in [0.25, 0.3) is 33.6 Å². The van der Waals surface area contributed by atoms with Crippen LogP contribution in [0, 0.1) is 6.92 Å². The minimum atomic E-state index is 0.729. The van der Waals surface area contributed by atoms with Gasteiger partial charge in [0.2, 0.25) is 0 Å². The van der Waals surface area contributed by atoms with E-state index in [-0.39, 0.29) is 0 Å². The highest BCUT2D eigenvalue weighted by Crippen LogP contribution is 2.30. The van der Waals surface area contributed by atoms with E-state index in [2.05, 4.69) is 55.5 Å². The Bertz CT molecular complexity index is 1040. The number of benzene rings is 3. The molecule has 0 amide bonds. The van der Waals surface area contributed by atoms with Crippen molar-refractivity contribution < 1.29 is 0 Å². The normalized spacial score (nSPS) is 10.1. The average molecular weight is 386 g/mol. The minimum absolute atomic E-state index is 0.729. The van der Waals surface area contributed by atoms with Crippen molar-refractivity contribution >= 4 is 11.6 Å². The van der Waals surface area contributed by atoms with Gasteiger partial charge in [0.25, 0.3) is 0 Å². The van der Waals surface area contributed by atoms with Gasteiger partial charge in [-0.05, 0) is 42.3 Å². The summed E-state index contributed by atoms with van der Waals surface area (Å²) in [5.74, 6) is 0. The zero-order valence-electron chi connectivity index (χ0n) is 16.5. The Balaban J connectivity index is 0.00000109. The van der Waals surface area contributed by atoms with Crippen molar-refractivity contribution in [2.24, 2.45) is 0 Å². The molecule has 0 aliphatic carbocycles. The Hall–Kier alpha value is -2.90. The van der Waals surface area contributed by atoms with Gasteiger partial charge in [0.05, 0.1) is 11.4 Å². The summed E-state index contributed by atoms with van der Waals surface area (Å²) < 4.78 is 0. The van der Waals surface area contributed by atoms with E-state index >= 15 is 0 Å². The van der Waals surface area contributed by atoms with E-state index in [4.69, 9.17) is 16.6 Å². The van der Waals surface area contributed by atoms with Gasteiger partial charge in [-0.2, -0.15) is 0 Å². The molecule has 140 valence electrons. The fourth-order valence-corrected chi connectivity index (χ4v) is 3.17. The number of pyridine rings is 1. The van der Waals surface area contributed by atoms with Crippen LogP contribution >= 0.6 is 11.6 Å². The molecule has 1 aromatic heterocycles. The molecule has 0 aliphatic rings. The van der Waals surface area contributed by atoms with E-state index in [1.54, 1.807) is 0 Å². The number of hydrogen-bond donors (Lipinski definition) is 0. The van der Waals surface area contributed by atoms with Crippen LogP contribution in [-0.4, -0.2) is 4.98 Å². The lowest BCUT2D eigenvalue weighted by Gasteiger charge is -2.11. The number of halogens is 1. The highest BCUT2D eigenvalue weighted by atomic mass is 35.5. The molecule has 1 nitrogen and oxygen atoms in total. The van der Waals surface area contributed by atoms with E-state index in [9.17, 15) is 0 Å². The van der Waals surface area contributed by atoms with Crippen LogP contribution in [0.1, 0.15) is 19.4 Å². The van der Waals surface area contributed by atoms with Crippen LogP contribution < -0.4 is 0 Å². The minimum Gasteiger partial charge on any atom is -0.248 e. The van der Waals surface area contributed by atoms with Gasteiger partial charge in [0.1, 0.15) is 0 Å². The van der Waals surface area contributed by atoms with Gasteiger partial charge >= 0.3 is 0 Å². The highest BCUT2D eigenvalue weighted by molar-refractivity contribution is 6.30. The standard InChI is InChI=1S/C24H18ClN.C2H6/c1-17-6-5-9-20(14-17)21-15-23(18-7-3-2-4-8-18)26-24(16-21)19-10-12-22(25)13-11-19;1-2/h2-16H,1H3;1-2H3. The van der Waals surface area contributed by atoms with Crippen molar-refractivity contribution in [1.82, 2.24) is 4.98 Å². The summed E-state index contributed by atoms with van der Waals surface area (Å²) in [6, 6.07) is 31.0. The topological polar surface area (TPSA) is 12.9 Å². The first-order chi connectivity index (χ1) is 13.7. The quantitative estimate of drug-likeness (QED) is 0.347. The molecule has 4 aromatic rings. The lowest BCUT2D eigenvalue weighted by Crippen LogP contribution is -1.91. The molecule has 0 bridgehead atoms. The second-order valence-electron chi connectivity index (χ2n) is 6.37. The molecule has 28 heavy (non-hydrogen) atoms. The molecule has 0 atom stereocenters. The van der Waals surface area contributed by atoms with E-state index < -0.39 is 0 Å². The maximum atomic E-state index is 6.05. The van der Waals surface area contributed by atoms with Crippen molar-refractivity contribution in [2.75, 3.05) is 0 Å². The highest BCUT2D eigenvalue weighted by Gasteiger charge is 2.09. The van der Waals surface area contributed by atoms with Gasteiger partial charge < -0.3 is 0 Å². The van der Waals surface area contributed by atoms with E-state index in [1.165, 1.54) is 11.1 Å². The first kappa shape index (κ1) is 19.9. The van der Waals surface area contributed by atoms with E-state index in [0.29, 0.717) is 0 Å². The number of rotatable bonds is 3. The van der Waals surface area contributed by atoms with Crippen LogP contribution in [0.3, 0.4) is 0 Å². The molecule has 1 heterocycles. The van der Waals surface area contributed by atoms with Crippen LogP contribution in [-0.2, 0) is 0 Å². The molecule has 0 unspecified atom stereocenters. The van der Waals surface area contributed by atoms with Crippen LogP contribution in [0.4, 0.5) is 0 Å². The lowest BCUT2D eigenvalue weighted by atomic mass is 9.99. The number of hydrogen-bond acceptors (Lipinski definition) is 1. The van der Waals surface area contributed by atoms with Gasteiger partial charge in [-0.15, -0.1) is 0 Å². The predicted octanol–water partition coefficient (Wildman–Crippen LogP) is 8.07. The first-order valence-electron chi connectivity index (χ1n) is 9.59. The Morgan fingerprint density at radius 3 is 1.75 bits per heavy atom. The van der Waals surface area contributed by atoms with Crippen molar-refractivity contribution in [3.63, 3.8) is 0 Å². The molecule has 0 saturated heterocycles. The molecule has 0 N–H and O–H groups in total. The largest absolute Gasteiger partial charge is 0.248 e. The molecule has 2 heteroatoms. The molecule has 0 saturated carbocycles. The Labute approximate surface area is 172 Å². The maximum Gasteiger partial charge on any atom is 0.0715 e. The zero-order chi connectivity index (χ0) is 19.9. The summed E-state index contributed by atoms with van der Waals surface area (Å²) in [4.78, 5) is 4.91. The third kappa shape index (κ3) is 4.68. The molecule has 3 aromatic carbocycles. The van der Waals surface area contributed by atoms with Crippen molar-refractivity contribution in [1.29, 1.82) is 0 Å². The molecule has 0 aliphatic heterocycles. The second kappa shape index (κ2) is 9.34.